The van der Waals surface area contributed by atoms with Crippen molar-refractivity contribution >= 4 is 17.6 Å². The molecule has 26 heavy (non-hydrogen) atoms. The van der Waals surface area contributed by atoms with Crippen molar-refractivity contribution in [1.82, 2.24) is 4.90 Å². The van der Waals surface area contributed by atoms with Gasteiger partial charge in [0.15, 0.2) is 6.61 Å². The highest BCUT2D eigenvalue weighted by molar-refractivity contribution is 5.81. The van der Waals surface area contributed by atoms with Crippen LogP contribution in [0.25, 0.3) is 0 Å². The van der Waals surface area contributed by atoms with Gasteiger partial charge in [0, 0.05) is 25.2 Å². The lowest BCUT2D eigenvalue weighted by atomic mass is 10.00. The highest BCUT2D eigenvalue weighted by Crippen LogP contribution is 2.18. The van der Waals surface area contributed by atoms with E-state index in [0.29, 0.717) is 18.7 Å². The number of hydrogen-bond donors (Lipinski definition) is 0. The molecule has 0 aliphatic carbocycles. The Hall–Kier alpha value is -3.22. The first-order chi connectivity index (χ1) is 12.5. The van der Waals surface area contributed by atoms with Crippen LogP contribution in [0.15, 0.2) is 48.5 Å². The van der Waals surface area contributed by atoms with Gasteiger partial charge in [0.25, 0.3) is 11.6 Å². The quantitative estimate of drug-likeness (QED) is 0.467. The third-order valence-corrected chi connectivity index (χ3v) is 4.34. The lowest BCUT2D eigenvalue weighted by Crippen LogP contribution is -2.38. The number of fused-ring (bicyclic) bond motifs is 1. The summed E-state index contributed by atoms with van der Waals surface area (Å²) in [7, 11) is 0. The average molecular weight is 354 g/mol. The predicted octanol–water partition coefficient (Wildman–Crippen LogP) is 2.27. The molecule has 7 heteroatoms. The molecule has 7 nitrogen and oxygen atoms in total. The van der Waals surface area contributed by atoms with Gasteiger partial charge in [0.2, 0.25) is 0 Å². The van der Waals surface area contributed by atoms with Crippen molar-refractivity contribution in [1.29, 1.82) is 0 Å². The maximum absolute atomic E-state index is 12.3. The van der Waals surface area contributed by atoms with Gasteiger partial charge in [0.05, 0.1) is 11.3 Å². The Labute approximate surface area is 150 Å². The van der Waals surface area contributed by atoms with E-state index in [1.54, 1.807) is 4.90 Å². The van der Waals surface area contributed by atoms with E-state index < -0.39 is 10.9 Å². The average Bonchev–Trinajstić information content (AvgIpc) is 2.66. The maximum Gasteiger partial charge on any atom is 0.310 e. The third-order valence-electron chi connectivity index (χ3n) is 4.34. The number of nitro groups is 1. The fourth-order valence-electron chi connectivity index (χ4n) is 2.90. The molecule has 0 fully saturated rings. The molecule has 0 bridgehead atoms. The van der Waals surface area contributed by atoms with Crippen LogP contribution in [0.1, 0.15) is 16.7 Å². The number of rotatable bonds is 5. The molecule has 0 spiro atoms. The van der Waals surface area contributed by atoms with E-state index in [1.165, 1.54) is 29.8 Å². The molecule has 1 aliphatic heterocycles. The molecular formula is C19H18N2O5. The van der Waals surface area contributed by atoms with Crippen molar-refractivity contribution in [2.75, 3.05) is 13.2 Å². The number of carbonyl (C=O) groups excluding carboxylic acids is 2. The van der Waals surface area contributed by atoms with Crippen LogP contribution < -0.4 is 0 Å². The Morgan fingerprint density at radius 3 is 2.46 bits per heavy atom. The first-order valence-electron chi connectivity index (χ1n) is 8.26. The number of benzene rings is 2. The molecule has 0 aromatic heterocycles. The summed E-state index contributed by atoms with van der Waals surface area (Å²) in [6.45, 7) is 0.832. The van der Waals surface area contributed by atoms with Gasteiger partial charge in [-0.3, -0.25) is 19.7 Å². The van der Waals surface area contributed by atoms with Crippen molar-refractivity contribution in [3.05, 3.63) is 75.3 Å². The number of esters is 1. The first-order valence-corrected chi connectivity index (χ1v) is 8.26. The Balaban J connectivity index is 1.48. The zero-order valence-corrected chi connectivity index (χ0v) is 14.1. The second kappa shape index (κ2) is 7.77. The Bertz CT molecular complexity index is 832. The van der Waals surface area contributed by atoms with Crippen LogP contribution in [0.2, 0.25) is 0 Å². The Kier molecular flexibility index (Phi) is 5.26. The monoisotopic (exact) mass is 354 g/mol. The molecule has 0 saturated carbocycles. The molecule has 0 saturated heterocycles. The van der Waals surface area contributed by atoms with Gasteiger partial charge in [-0.15, -0.1) is 0 Å². The molecule has 3 rings (SSSR count). The maximum atomic E-state index is 12.3. The van der Waals surface area contributed by atoms with Crippen LogP contribution in [-0.4, -0.2) is 34.9 Å². The minimum absolute atomic E-state index is 0.0336. The molecule has 1 aliphatic rings. The fraction of sp³-hybridized carbons (Fsp3) is 0.263. The van der Waals surface area contributed by atoms with Gasteiger partial charge in [-0.1, -0.05) is 36.4 Å². The molecule has 0 radical (unpaired) electrons. The largest absolute Gasteiger partial charge is 0.455 e. The summed E-state index contributed by atoms with van der Waals surface area (Å²) in [5.74, 6) is -0.763. The summed E-state index contributed by atoms with van der Waals surface area (Å²) in [5.41, 5.74) is 2.92. The summed E-state index contributed by atoms with van der Waals surface area (Å²) < 4.78 is 5.06. The normalized spacial score (nSPS) is 13.0. The molecule has 1 heterocycles. The van der Waals surface area contributed by atoms with Gasteiger partial charge in [-0.2, -0.15) is 0 Å². The highest BCUT2D eigenvalue weighted by Gasteiger charge is 2.21. The zero-order chi connectivity index (χ0) is 18.5. The van der Waals surface area contributed by atoms with E-state index in [2.05, 4.69) is 6.07 Å². The van der Waals surface area contributed by atoms with E-state index >= 15 is 0 Å². The summed E-state index contributed by atoms with van der Waals surface area (Å²) in [6, 6.07) is 13.6. The van der Waals surface area contributed by atoms with Crippen LogP contribution in [-0.2, 0) is 33.7 Å². The van der Waals surface area contributed by atoms with Crippen LogP contribution in [0.5, 0.6) is 0 Å². The number of carbonyl (C=O) groups is 2. The first kappa shape index (κ1) is 17.6. The van der Waals surface area contributed by atoms with Crippen LogP contribution in [0.4, 0.5) is 5.69 Å². The highest BCUT2D eigenvalue weighted by atomic mass is 16.6. The molecule has 2 aromatic rings. The van der Waals surface area contributed by atoms with Crippen LogP contribution >= 0.6 is 0 Å². The lowest BCUT2D eigenvalue weighted by molar-refractivity contribution is -0.384. The minimum Gasteiger partial charge on any atom is -0.455 e. The van der Waals surface area contributed by atoms with E-state index in [1.807, 2.05) is 18.2 Å². The Morgan fingerprint density at radius 1 is 1.08 bits per heavy atom. The molecule has 0 unspecified atom stereocenters. The molecule has 1 amide bonds. The van der Waals surface area contributed by atoms with E-state index in [9.17, 15) is 19.7 Å². The van der Waals surface area contributed by atoms with Gasteiger partial charge in [-0.05, 0) is 23.1 Å². The minimum atomic E-state index is -0.537. The van der Waals surface area contributed by atoms with Gasteiger partial charge in [0.1, 0.15) is 0 Å². The number of nitro benzene ring substituents is 1. The molecule has 2 aromatic carbocycles. The molecule has 134 valence electrons. The topological polar surface area (TPSA) is 89.7 Å². The van der Waals surface area contributed by atoms with Gasteiger partial charge in [-0.25, -0.2) is 0 Å². The van der Waals surface area contributed by atoms with Crippen molar-refractivity contribution in [3.8, 4) is 0 Å². The molecule has 0 atom stereocenters. The van der Waals surface area contributed by atoms with Crippen molar-refractivity contribution in [2.45, 2.75) is 19.4 Å². The molecule has 0 N–H and O–H groups in total. The van der Waals surface area contributed by atoms with Crippen LogP contribution in [0, 0.1) is 10.1 Å². The zero-order valence-electron chi connectivity index (χ0n) is 14.1. The summed E-state index contributed by atoms with van der Waals surface area (Å²) >= 11 is 0. The van der Waals surface area contributed by atoms with E-state index in [4.69, 9.17) is 4.74 Å². The molecular weight excluding hydrogens is 336 g/mol. The van der Waals surface area contributed by atoms with Crippen molar-refractivity contribution in [3.63, 3.8) is 0 Å². The number of non-ortho nitro benzene ring substituents is 1. The second-order valence-corrected chi connectivity index (χ2v) is 6.10. The van der Waals surface area contributed by atoms with Crippen LogP contribution in [0.3, 0.4) is 0 Å². The number of ether oxygens (including phenoxy) is 1. The second-order valence-electron chi connectivity index (χ2n) is 6.10. The number of hydrogen-bond acceptors (Lipinski definition) is 5. The third kappa shape index (κ3) is 4.24. The summed E-state index contributed by atoms with van der Waals surface area (Å²) in [5, 5.41) is 10.6. The van der Waals surface area contributed by atoms with Gasteiger partial charge < -0.3 is 9.64 Å². The fourth-order valence-corrected chi connectivity index (χ4v) is 2.90. The van der Waals surface area contributed by atoms with Crippen molar-refractivity contribution < 1.29 is 19.2 Å². The summed E-state index contributed by atoms with van der Waals surface area (Å²) in [6.07, 6.45) is 0.757. The van der Waals surface area contributed by atoms with E-state index in [0.717, 1.165) is 12.0 Å². The lowest BCUT2D eigenvalue weighted by Gasteiger charge is -2.28. The number of amides is 1. The SMILES string of the molecule is O=C(Cc1ccc([N+](=O)[O-])cc1)OCC(=O)N1CCc2ccccc2C1. The number of nitrogens with zero attached hydrogens (tertiary/aromatic N) is 2. The predicted molar refractivity (Wildman–Crippen MR) is 93.3 cm³/mol. The van der Waals surface area contributed by atoms with Crippen molar-refractivity contribution in [2.24, 2.45) is 0 Å². The smallest absolute Gasteiger partial charge is 0.310 e. The Morgan fingerprint density at radius 2 is 1.77 bits per heavy atom. The van der Waals surface area contributed by atoms with Gasteiger partial charge >= 0.3 is 5.97 Å². The standard InChI is InChI=1S/C19H18N2O5/c22-18(20-10-9-15-3-1-2-4-16(15)12-20)13-26-19(23)11-14-5-7-17(8-6-14)21(24)25/h1-8H,9-13H2. The van der Waals surface area contributed by atoms with E-state index in [-0.39, 0.29) is 24.6 Å². The summed E-state index contributed by atoms with van der Waals surface area (Å²) in [4.78, 5) is 35.9.